The van der Waals surface area contributed by atoms with Gasteiger partial charge in [0, 0.05) is 0 Å². The maximum atomic E-state index is 11.9. The summed E-state index contributed by atoms with van der Waals surface area (Å²) in [6.45, 7) is 3.18. The molecule has 0 aliphatic carbocycles. The van der Waals surface area contributed by atoms with Crippen molar-refractivity contribution in [2.75, 3.05) is 17.2 Å². The molecule has 0 unspecified atom stereocenters. The lowest BCUT2D eigenvalue weighted by molar-refractivity contribution is -0.135. The van der Waals surface area contributed by atoms with E-state index in [1.165, 1.54) is 17.0 Å². The Morgan fingerprint density at radius 1 is 1.40 bits per heavy atom. The molecule has 106 valence electrons. The molecule has 0 radical (unpaired) electrons. The first-order chi connectivity index (χ1) is 9.23. The Morgan fingerprint density at radius 2 is 2.05 bits per heavy atom. The second kappa shape index (κ2) is 4.48. The SMILES string of the molecule is CC1(C)C(=O)NC(=O)CN1c1nc(C(N)=O)ccc1N. The van der Waals surface area contributed by atoms with Crippen LogP contribution >= 0.6 is 0 Å². The summed E-state index contributed by atoms with van der Waals surface area (Å²) in [5.41, 5.74) is 10.3. The average molecular weight is 277 g/mol. The highest BCUT2D eigenvalue weighted by Crippen LogP contribution is 2.29. The van der Waals surface area contributed by atoms with Crippen LogP contribution in [0, 0.1) is 0 Å². The monoisotopic (exact) mass is 277 g/mol. The van der Waals surface area contributed by atoms with E-state index in [0.29, 0.717) is 0 Å². The number of carbonyl (C=O) groups is 3. The molecular formula is C12H15N5O3. The number of nitrogen functional groups attached to an aromatic ring is 1. The summed E-state index contributed by atoms with van der Waals surface area (Å²) in [7, 11) is 0. The van der Waals surface area contributed by atoms with E-state index in [9.17, 15) is 14.4 Å². The number of carbonyl (C=O) groups excluding carboxylic acids is 3. The first-order valence-electron chi connectivity index (χ1n) is 5.91. The highest BCUT2D eigenvalue weighted by molar-refractivity contribution is 6.07. The van der Waals surface area contributed by atoms with Crippen LogP contribution in [-0.4, -0.2) is 34.8 Å². The molecule has 2 rings (SSSR count). The summed E-state index contributed by atoms with van der Waals surface area (Å²) in [6.07, 6.45) is 0. The molecule has 0 saturated carbocycles. The molecule has 1 fully saturated rings. The number of imide groups is 1. The van der Waals surface area contributed by atoms with Crippen molar-refractivity contribution in [3.05, 3.63) is 17.8 Å². The third kappa shape index (κ3) is 2.15. The van der Waals surface area contributed by atoms with Crippen LogP contribution in [0.5, 0.6) is 0 Å². The molecule has 0 atom stereocenters. The zero-order valence-corrected chi connectivity index (χ0v) is 11.1. The fraction of sp³-hybridized carbons (Fsp3) is 0.333. The molecule has 1 aromatic rings. The molecule has 3 amide bonds. The first kappa shape index (κ1) is 13.8. The van der Waals surface area contributed by atoms with Gasteiger partial charge in [0.05, 0.1) is 12.2 Å². The third-order valence-electron chi connectivity index (χ3n) is 3.20. The summed E-state index contributed by atoms with van der Waals surface area (Å²) < 4.78 is 0. The van der Waals surface area contributed by atoms with Crippen LogP contribution in [0.3, 0.4) is 0 Å². The molecule has 5 N–H and O–H groups in total. The molecule has 8 heteroatoms. The normalized spacial score (nSPS) is 17.8. The van der Waals surface area contributed by atoms with Crippen LogP contribution in [0.4, 0.5) is 11.5 Å². The van der Waals surface area contributed by atoms with Crippen LogP contribution in [0.25, 0.3) is 0 Å². The molecule has 0 bridgehead atoms. The number of rotatable bonds is 2. The zero-order chi connectivity index (χ0) is 15.1. The number of nitrogens with zero attached hydrogens (tertiary/aromatic N) is 2. The Morgan fingerprint density at radius 3 is 2.65 bits per heavy atom. The smallest absolute Gasteiger partial charge is 0.267 e. The number of nitrogens with one attached hydrogen (secondary N) is 1. The number of amides is 3. The van der Waals surface area contributed by atoms with Crippen LogP contribution in [-0.2, 0) is 9.59 Å². The van der Waals surface area contributed by atoms with Crippen molar-refractivity contribution >= 4 is 29.2 Å². The third-order valence-corrected chi connectivity index (χ3v) is 3.20. The molecule has 1 aromatic heterocycles. The Hall–Kier alpha value is -2.64. The van der Waals surface area contributed by atoms with Gasteiger partial charge in [-0.2, -0.15) is 0 Å². The van der Waals surface area contributed by atoms with E-state index in [1.807, 2.05) is 0 Å². The fourth-order valence-corrected chi connectivity index (χ4v) is 1.94. The van der Waals surface area contributed by atoms with Gasteiger partial charge >= 0.3 is 0 Å². The van der Waals surface area contributed by atoms with Gasteiger partial charge in [-0.1, -0.05) is 0 Å². The molecule has 2 heterocycles. The van der Waals surface area contributed by atoms with E-state index in [2.05, 4.69) is 10.3 Å². The number of nitrogens with two attached hydrogens (primary N) is 2. The standard InChI is InChI=1S/C12H15N5O3/c1-12(2)11(20)16-8(18)5-17(12)10-6(13)3-4-7(15-10)9(14)19/h3-4H,5,13H2,1-2H3,(H2,14,19)(H,16,18,20). The molecule has 1 aliphatic rings. The van der Waals surface area contributed by atoms with E-state index in [0.717, 1.165) is 0 Å². The molecule has 1 saturated heterocycles. The minimum absolute atomic E-state index is 0.0171. The summed E-state index contributed by atoms with van der Waals surface area (Å²) >= 11 is 0. The second-order valence-electron chi connectivity index (χ2n) is 5.00. The Labute approximate surface area is 115 Å². The van der Waals surface area contributed by atoms with E-state index in [-0.39, 0.29) is 23.7 Å². The predicted molar refractivity (Wildman–Crippen MR) is 71.7 cm³/mol. The lowest BCUT2D eigenvalue weighted by Crippen LogP contribution is -2.64. The van der Waals surface area contributed by atoms with Crippen molar-refractivity contribution < 1.29 is 14.4 Å². The second-order valence-corrected chi connectivity index (χ2v) is 5.00. The summed E-state index contributed by atoms with van der Waals surface area (Å²) in [6, 6.07) is 2.86. The Balaban J connectivity index is 2.53. The fourth-order valence-electron chi connectivity index (χ4n) is 1.94. The largest absolute Gasteiger partial charge is 0.396 e. The van der Waals surface area contributed by atoms with Crippen molar-refractivity contribution in [3.8, 4) is 0 Å². The van der Waals surface area contributed by atoms with Gasteiger partial charge < -0.3 is 16.4 Å². The minimum atomic E-state index is -1.02. The zero-order valence-electron chi connectivity index (χ0n) is 11.1. The van der Waals surface area contributed by atoms with Gasteiger partial charge in [-0.25, -0.2) is 4.98 Å². The van der Waals surface area contributed by atoms with Gasteiger partial charge in [0.2, 0.25) is 5.91 Å². The van der Waals surface area contributed by atoms with Gasteiger partial charge in [-0.15, -0.1) is 0 Å². The number of pyridine rings is 1. The lowest BCUT2D eigenvalue weighted by Gasteiger charge is -2.41. The van der Waals surface area contributed by atoms with E-state index < -0.39 is 23.3 Å². The predicted octanol–water partition coefficient (Wildman–Crippen LogP) is -0.996. The molecular weight excluding hydrogens is 262 g/mol. The van der Waals surface area contributed by atoms with E-state index >= 15 is 0 Å². The van der Waals surface area contributed by atoms with Crippen molar-refractivity contribution in [2.24, 2.45) is 5.73 Å². The number of hydrogen-bond donors (Lipinski definition) is 3. The van der Waals surface area contributed by atoms with Gasteiger partial charge in [-0.05, 0) is 26.0 Å². The molecule has 0 spiro atoms. The number of aromatic nitrogens is 1. The van der Waals surface area contributed by atoms with E-state index in [4.69, 9.17) is 11.5 Å². The number of primary amides is 1. The summed E-state index contributed by atoms with van der Waals surface area (Å²) in [5.74, 6) is -1.44. The molecule has 20 heavy (non-hydrogen) atoms. The van der Waals surface area contributed by atoms with Crippen molar-refractivity contribution in [2.45, 2.75) is 19.4 Å². The molecule has 0 aromatic carbocycles. The Kier molecular flexibility index (Phi) is 3.09. The highest BCUT2D eigenvalue weighted by atomic mass is 16.2. The summed E-state index contributed by atoms with van der Waals surface area (Å²) in [5, 5.41) is 2.25. The van der Waals surface area contributed by atoms with Crippen LogP contribution in [0.1, 0.15) is 24.3 Å². The van der Waals surface area contributed by atoms with Crippen LogP contribution < -0.4 is 21.7 Å². The van der Waals surface area contributed by atoms with E-state index in [1.54, 1.807) is 13.8 Å². The highest BCUT2D eigenvalue weighted by Gasteiger charge is 2.42. The van der Waals surface area contributed by atoms with Gasteiger partial charge in [-0.3, -0.25) is 19.7 Å². The van der Waals surface area contributed by atoms with Crippen molar-refractivity contribution in [1.29, 1.82) is 0 Å². The quantitative estimate of drug-likeness (QED) is 0.594. The lowest BCUT2D eigenvalue weighted by atomic mass is 9.98. The van der Waals surface area contributed by atoms with Crippen LogP contribution in [0.15, 0.2) is 12.1 Å². The van der Waals surface area contributed by atoms with Crippen LogP contribution in [0.2, 0.25) is 0 Å². The first-order valence-corrected chi connectivity index (χ1v) is 5.91. The number of hydrogen-bond acceptors (Lipinski definition) is 6. The van der Waals surface area contributed by atoms with Gasteiger partial charge in [0.1, 0.15) is 11.2 Å². The molecule has 8 nitrogen and oxygen atoms in total. The minimum Gasteiger partial charge on any atom is -0.396 e. The van der Waals surface area contributed by atoms with Crippen molar-refractivity contribution in [1.82, 2.24) is 10.3 Å². The van der Waals surface area contributed by atoms with Gasteiger partial charge in [0.15, 0.2) is 5.82 Å². The topological polar surface area (TPSA) is 131 Å². The Bertz CT molecular complexity index is 611. The summed E-state index contributed by atoms with van der Waals surface area (Å²) in [4.78, 5) is 40.1. The van der Waals surface area contributed by atoms with Gasteiger partial charge in [0.25, 0.3) is 11.8 Å². The maximum absolute atomic E-state index is 11.9. The van der Waals surface area contributed by atoms with Crippen molar-refractivity contribution in [3.63, 3.8) is 0 Å². The number of piperazine rings is 1. The molecule has 1 aliphatic heterocycles. The average Bonchev–Trinajstić information content (AvgIpc) is 2.35. The number of anilines is 2. The maximum Gasteiger partial charge on any atom is 0.267 e.